The molecule has 0 aliphatic carbocycles. The highest BCUT2D eigenvalue weighted by Gasteiger charge is 2.24. The zero-order valence-corrected chi connectivity index (χ0v) is 19.9. The van der Waals surface area contributed by atoms with E-state index in [1.165, 1.54) is 5.69 Å². The minimum atomic E-state index is 0. The molecular formula is C21H34IN5O2. The van der Waals surface area contributed by atoms with Gasteiger partial charge >= 0.3 is 0 Å². The third-order valence-electron chi connectivity index (χ3n) is 5.51. The number of halogens is 1. The number of amides is 1. The molecule has 0 bridgehead atoms. The van der Waals surface area contributed by atoms with Crippen LogP contribution in [0, 0.1) is 0 Å². The third-order valence-corrected chi connectivity index (χ3v) is 5.51. The van der Waals surface area contributed by atoms with E-state index in [0.717, 1.165) is 64.7 Å². The molecule has 2 aliphatic rings. The first-order valence-corrected chi connectivity index (χ1v) is 10.4. The topological polar surface area (TPSA) is 60.4 Å². The molecule has 0 aromatic heterocycles. The summed E-state index contributed by atoms with van der Waals surface area (Å²) in [5.41, 5.74) is 1.23. The molecule has 2 aliphatic heterocycles. The van der Waals surface area contributed by atoms with Crippen LogP contribution in [-0.4, -0.2) is 87.2 Å². The molecule has 2 fully saturated rings. The first-order valence-electron chi connectivity index (χ1n) is 10.4. The monoisotopic (exact) mass is 515 g/mol. The molecule has 1 aromatic rings. The lowest BCUT2D eigenvalue weighted by atomic mass is 10.1. The summed E-state index contributed by atoms with van der Waals surface area (Å²) < 4.78 is 5.71. The summed E-state index contributed by atoms with van der Waals surface area (Å²) in [5, 5.41) is 3.26. The number of guanidine groups is 1. The van der Waals surface area contributed by atoms with Gasteiger partial charge in [-0.25, -0.2) is 0 Å². The van der Waals surface area contributed by atoms with E-state index in [1.54, 1.807) is 7.05 Å². The summed E-state index contributed by atoms with van der Waals surface area (Å²) in [6.07, 6.45) is 2.36. The Kier molecular flexibility index (Phi) is 9.99. The van der Waals surface area contributed by atoms with Gasteiger partial charge in [0.05, 0.1) is 12.6 Å². The zero-order chi connectivity index (χ0) is 19.8. The fourth-order valence-corrected chi connectivity index (χ4v) is 3.92. The Morgan fingerprint density at radius 3 is 2.31 bits per heavy atom. The summed E-state index contributed by atoms with van der Waals surface area (Å²) in [6, 6.07) is 10.4. The van der Waals surface area contributed by atoms with Crippen LogP contribution in [-0.2, 0) is 9.53 Å². The summed E-state index contributed by atoms with van der Waals surface area (Å²) in [6.45, 7) is 8.18. The number of carbonyl (C=O) groups excluding carboxylic acids is 1. The van der Waals surface area contributed by atoms with Gasteiger partial charge in [-0.3, -0.25) is 9.79 Å². The fourth-order valence-electron chi connectivity index (χ4n) is 3.92. The van der Waals surface area contributed by atoms with Crippen molar-refractivity contribution >= 4 is 41.5 Å². The van der Waals surface area contributed by atoms with E-state index in [1.807, 2.05) is 17.9 Å². The van der Waals surface area contributed by atoms with Crippen LogP contribution in [0.1, 0.15) is 19.8 Å². The van der Waals surface area contributed by atoms with Gasteiger partial charge in [0.15, 0.2) is 5.96 Å². The minimum Gasteiger partial charge on any atom is -0.378 e. The van der Waals surface area contributed by atoms with Crippen molar-refractivity contribution in [1.29, 1.82) is 0 Å². The predicted octanol–water partition coefficient (Wildman–Crippen LogP) is 2.03. The first kappa shape index (κ1) is 23.7. The van der Waals surface area contributed by atoms with E-state index in [4.69, 9.17) is 4.74 Å². The Morgan fingerprint density at radius 2 is 1.72 bits per heavy atom. The molecule has 0 saturated carbocycles. The van der Waals surface area contributed by atoms with Crippen molar-refractivity contribution in [3.05, 3.63) is 30.3 Å². The van der Waals surface area contributed by atoms with E-state index in [0.29, 0.717) is 12.6 Å². The van der Waals surface area contributed by atoms with Crippen molar-refractivity contribution in [2.45, 2.75) is 25.9 Å². The Labute approximate surface area is 191 Å². The number of piperazine rings is 1. The van der Waals surface area contributed by atoms with Crippen LogP contribution in [0.3, 0.4) is 0 Å². The van der Waals surface area contributed by atoms with E-state index < -0.39 is 0 Å². The largest absolute Gasteiger partial charge is 0.378 e. The molecule has 0 unspecified atom stereocenters. The first-order chi connectivity index (χ1) is 13.7. The van der Waals surface area contributed by atoms with E-state index in [9.17, 15) is 4.79 Å². The van der Waals surface area contributed by atoms with Crippen molar-refractivity contribution in [2.75, 3.05) is 64.4 Å². The maximum absolute atomic E-state index is 12.6. The number of carbonyl (C=O) groups is 1. The number of ether oxygens (including phenoxy) is 1. The molecule has 3 rings (SSSR count). The summed E-state index contributed by atoms with van der Waals surface area (Å²) in [7, 11) is 1.78. The number of rotatable bonds is 5. The van der Waals surface area contributed by atoms with Crippen molar-refractivity contribution in [3.63, 3.8) is 0 Å². The number of para-hydroxylation sites is 1. The summed E-state index contributed by atoms with van der Waals surface area (Å²) >= 11 is 0. The molecule has 0 atom stereocenters. The molecule has 2 saturated heterocycles. The van der Waals surface area contributed by atoms with Gasteiger partial charge in [-0.2, -0.15) is 0 Å². The maximum atomic E-state index is 12.6. The van der Waals surface area contributed by atoms with Gasteiger partial charge in [0, 0.05) is 58.6 Å². The van der Waals surface area contributed by atoms with Crippen molar-refractivity contribution in [2.24, 2.45) is 4.99 Å². The molecule has 1 N–H and O–H groups in total. The van der Waals surface area contributed by atoms with Crippen LogP contribution in [0.5, 0.6) is 0 Å². The average molecular weight is 515 g/mol. The number of nitrogens with zero attached hydrogens (tertiary/aromatic N) is 4. The van der Waals surface area contributed by atoms with Gasteiger partial charge in [-0.1, -0.05) is 18.2 Å². The smallest absolute Gasteiger partial charge is 0.242 e. The Hall–Kier alpha value is -1.55. The number of piperidine rings is 1. The molecule has 7 nitrogen and oxygen atoms in total. The average Bonchev–Trinajstić information content (AvgIpc) is 2.76. The van der Waals surface area contributed by atoms with Crippen LogP contribution < -0.4 is 10.2 Å². The lowest BCUT2D eigenvalue weighted by Gasteiger charge is -2.37. The van der Waals surface area contributed by atoms with Crippen LogP contribution >= 0.6 is 24.0 Å². The standard InChI is InChI=1S/C21H33N5O2.HI/c1-3-28-19-9-11-26(12-10-19)21(22-2)23-17-20(27)25-15-13-24(14-16-25)18-7-5-4-6-8-18;/h4-8,19H,3,9-17H2,1-2H3,(H,22,23);1H. The summed E-state index contributed by atoms with van der Waals surface area (Å²) in [5.74, 6) is 0.948. The Balaban J connectivity index is 0.00000300. The summed E-state index contributed by atoms with van der Waals surface area (Å²) in [4.78, 5) is 23.5. The van der Waals surface area contributed by atoms with Gasteiger partial charge < -0.3 is 24.8 Å². The third kappa shape index (κ3) is 6.74. The molecule has 2 heterocycles. The van der Waals surface area contributed by atoms with Gasteiger partial charge in [-0.15, -0.1) is 24.0 Å². The molecule has 0 spiro atoms. The molecule has 0 radical (unpaired) electrons. The number of anilines is 1. The van der Waals surface area contributed by atoms with Gasteiger partial charge in [0.25, 0.3) is 0 Å². The normalized spacial score (nSPS) is 18.4. The van der Waals surface area contributed by atoms with E-state index >= 15 is 0 Å². The SMILES string of the molecule is CCOC1CCN(C(=NC)NCC(=O)N2CCN(c3ccccc3)CC2)CC1.I. The van der Waals surface area contributed by atoms with Gasteiger partial charge in [0.1, 0.15) is 0 Å². The number of likely N-dealkylation sites (tertiary alicyclic amines) is 1. The quantitative estimate of drug-likeness (QED) is 0.370. The van der Waals surface area contributed by atoms with Crippen molar-refractivity contribution in [1.82, 2.24) is 15.1 Å². The molecule has 162 valence electrons. The number of aliphatic imine (C=N–C) groups is 1. The van der Waals surface area contributed by atoms with Gasteiger partial charge in [-0.05, 0) is 31.9 Å². The second kappa shape index (κ2) is 12.2. The molecule has 8 heteroatoms. The van der Waals surface area contributed by atoms with Crippen LogP contribution in [0.4, 0.5) is 5.69 Å². The van der Waals surface area contributed by atoms with E-state index in [-0.39, 0.29) is 29.9 Å². The fraction of sp³-hybridized carbons (Fsp3) is 0.619. The molecular weight excluding hydrogens is 481 g/mol. The highest BCUT2D eigenvalue weighted by Crippen LogP contribution is 2.16. The molecule has 29 heavy (non-hydrogen) atoms. The predicted molar refractivity (Wildman–Crippen MR) is 128 cm³/mol. The zero-order valence-electron chi connectivity index (χ0n) is 17.5. The second-order valence-electron chi connectivity index (χ2n) is 7.25. The highest BCUT2D eigenvalue weighted by atomic mass is 127. The molecule has 1 aromatic carbocycles. The van der Waals surface area contributed by atoms with Crippen molar-refractivity contribution in [3.8, 4) is 0 Å². The number of hydrogen-bond donors (Lipinski definition) is 1. The van der Waals surface area contributed by atoms with Crippen molar-refractivity contribution < 1.29 is 9.53 Å². The number of benzene rings is 1. The Morgan fingerprint density at radius 1 is 1.07 bits per heavy atom. The van der Waals surface area contributed by atoms with Crippen LogP contribution in [0.25, 0.3) is 0 Å². The van der Waals surface area contributed by atoms with E-state index in [2.05, 4.69) is 44.4 Å². The number of nitrogens with one attached hydrogen (secondary N) is 1. The minimum absolute atomic E-state index is 0. The second-order valence-corrected chi connectivity index (χ2v) is 7.25. The number of hydrogen-bond acceptors (Lipinski definition) is 4. The lowest BCUT2D eigenvalue weighted by Crippen LogP contribution is -2.53. The maximum Gasteiger partial charge on any atom is 0.242 e. The highest BCUT2D eigenvalue weighted by molar-refractivity contribution is 14.0. The molecule has 1 amide bonds. The lowest BCUT2D eigenvalue weighted by molar-refractivity contribution is -0.130. The van der Waals surface area contributed by atoms with Crippen LogP contribution in [0.15, 0.2) is 35.3 Å². The Bertz CT molecular complexity index is 642. The van der Waals surface area contributed by atoms with Crippen LogP contribution in [0.2, 0.25) is 0 Å². The van der Waals surface area contributed by atoms with Gasteiger partial charge in [0.2, 0.25) is 5.91 Å².